The van der Waals surface area contributed by atoms with Crippen molar-refractivity contribution in [1.29, 1.82) is 0 Å². The predicted molar refractivity (Wildman–Crippen MR) is 125 cm³/mol. The number of carbonyl (C=O) groups is 2. The van der Waals surface area contributed by atoms with Gasteiger partial charge in [0.15, 0.2) is 0 Å². The molecule has 2 fully saturated rings. The van der Waals surface area contributed by atoms with Gasteiger partial charge < -0.3 is 15.1 Å². The summed E-state index contributed by atoms with van der Waals surface area (Å²) in [7, 11) is 1.75. The zero-order valence-corrected chi connectivity index (χ0v) is 18.5. The van der Waals surface area contributed by atoms with Gasteiger partial charge in [0.2, 0.25) is 11.8 Å². The Hall–Kier alpha value is -3.81. The lowest BCUT2D eigenvalue weighted by Crippen LogP contribution is -2.35. The van der Waals surface area contributed by atoms with Gasteiger partial charge in [0.1, 0.15) is 11.6 Å². The molecule has 168 valence electrons. The van der Waals surface area contributed by atoms with Gasteiger partial charge in [-0.2, -0.15) is 0 Å². The van der Waals surface area contributed by atoms with Crippen LogP contribution in [0.15, 0.2) is 60.9 Å². The summed E-state index contributed by atoms with van der Waals surface area (Å²) >= 11 is 0. The van der Waals surface area contributed by atoms with E-state index >= 15 is 0 Å². The minimum Gasteiger partial charge on any atom is -0.345 e. The number of benzene rings is 1. The molecule has 8 nitrogen and oxygen atoms in total. The zero-order valence-electron chi connectivity index (χ0n) is 18.5. The molecule has 0 saturated carbocycles. The van der Waals surface area contributed by atoms with Crippen LogP contribution in [0, 0.1) is 5.92 Å². The van der Waals surface area contributed by atoms with Crippen LogP contribution >= 0.6 is 0 Å². The number of aromatic nitrogens is 3. The molecule has 0 spiro atoms. The van der Waals surface area contributed by atoms with Crippen molar-refractivity contribution in [3.8, 4) is 11.3 Å². The maximum atomic E-state index is 13.0. The molecular weight excluding hydrogens is 416 g/mol. The second-order valence-electron chi connectivity index (χ2n) is 8.67. The molecule has 2 aliphatic heterocycles. The Bertz CT molecular complexity index is 1150. The molecule has 0 bridgehead atoms. The highest BCUT2D eigenvalue weighted by Gasteiger charge is 2.38. The first-order valence-corrected chi connectivity index (χ1v) is 11.2. The van der Waals surface area contributed by atoms with Gasteiger partial charge in [-0.3, -0.25) is 14.6 Å². The van der Waals surface area contributed by atoms with Crippen LogP contribution in [0.3, 0.4) is 0 Å². The summed E-state index contributed by atoms with van der Waals surface area (Å²) in [5.74, 6) is 1.30. The molecule has 3 aromatic rings. The standard InChI is InChI=1S/C25H26N6O2/c1-30-15-19(12-23(30)32)25(33)31-11-9-18(16-31)24-28-21(17-6-5-10-26-14-17)13-22(29-24)27-20-7-3-2-4-8-20/h2-8,10,13-14,18-19H,9,11-12,15-16H2,1H3,(H,27,28,29)/t18-,19+/m0/s1. The summed E-state index contributed by atoms with van der Waals surface area (Å²) in [6.45, 7) is 1.71. The van der Waals surface area contributed by atoms with Crippen LogP contribution < -0.4 is 5.32 Å². The van der Waals surface area contributed by atoms with E-state index in [1.807, 2.05) is 53.4 Å². The Labute approximate surface area is 192 Å². The highest BCUT2D eigenvalue weighted by Crippen LogP contribution is 2.31. The second-order valence-corrected chi connectivity index (χ2v) is 8.67. The lowest BCUT2D eigenvalue weighted by molar-refractivity contribution is -0.134. The SMILES string of the molecule is CN1C[C@H](C(=O)N2CC[C@H](c3nc(Nc4ccccc4)cc(-c4cccnc4)n3)C2)CC1=O. The lowest BCUT2D eigenvalue weighted by Gasteiger charge is -2.20. The number of rotatable bonds is 5. The van der Waals surface area contributed by atoms with E-state index in [-0.39, 0.29) is 23.7 Å². The first kappa shape index (κ1) is 21.1. The minimum atomic E-state index is -0.251. The van der Waals surface area contributed by atoms with Crippen molar-refractivity contribution in [2.45, 2.75) is 18.8 Å². The van der Waals surface area contributed by atoms with Crippen LogP contribution in [0.1, 0.15) is 24.6 Å². The van der Waals surface area contributed by atoms with Gasteiger partial charge in [0.25, 0.3) is 0 Å². The van der Waals surface area contributed by atoms with E-state index in [1.54, 1.807) is 24.3 Å². The summed E-state index contributed by atoms with van der Waals surface area (Å²) in [5, 5.41) is 3.37. The van der Waals surface area contributed by atoms with Gasteiger partial charge in [-0.15, -0.1) is 0 Å². The van der Waals surface area contributed by atoms with Crippen LogP contribution in [0.4, 0.5) is 11.5 Å². The van der Waals surface area contributed by atoms with Crippen LogP contribution in [0.5, 0.6) is 0 Å². The Balaban J connectivity index is 1.39. The summed E-state index contributed by atoms with van der Waals surface area (Å²) in [5.41, 5.74) is 2.65. The van der Waals surface area contributed by atoms with Crippen molar-refractivity contribution in [1.82, 2.24) is 24.8 Å². The molecule has 2 aromatic heterocycles. The molecule has 8 heteroatoms. The van der Waals surface area contributed by atoms with Gasteiger partial charge in [-0.05, 0) is 30.7 Å². The summed E-state index contributed by atoms with van der Waals surface area (Å²) in [6, 6.07) is 15.7. The number of likely N-dealkylation sites (tertiary alicyclic amines) is 2. The fourth-order valence-corrected chi connectivity index (χ4v) is 4.50. The van der Waals surface area contributed by atoms with Crippen molar-refractivity contribution >= 4 is 23.3 Å². The van der Waals surface area contributed by atoms with Crippen molar-refractivity contribution in [2.75, 3.05) is 32.0 Å². The van der Waals surface area contributed by atoms with E-state index in [4.69, 9.17) is 9.97 Å². The third-order valence-electron chi connectivity index (χ3n) is 6.30. The third kappa shape index (κ3) is 4.55. The highest BCUT2D eigenvalue weighted by atomic mass is 16.2. The lowest BCUT2D eigenvalue weighted by atomic mass is 10.1. The third-order valence-corrected chi connectivity index (χ3v) is 6.30. The Morgan fingerprint density at radius 3 is 2.67 bits per heavy atom. The zero-order chi connectivity index (χ0) is 22.8. The van der Waals surface area contributed by atoms with E-state index in [0.29, 0.717) is 37.7 Å². The van der Waals surface area contributed by atoms with Crippen LogP contribution in [0.2, 0.25) is 0 Å². The van der Waals surface area contributed by atoms with Gasteiger partial charge in [-0.25, -0.2) is 9.97 Å². The van der Waals surface area contributed by atoms with Gasteiger partial charge in [0.05, 0.1) is 11.6 Å². The van der Waals surface area contributed by atoms with Crippen molar-refractivity contribution < 1.29 is 9.59 Å². The van der Waals surface area contributed by atoms with Crippen molar-refractivity contribution in [3.05, 3.63) is 66.7 Å². The second kappa shape index (κ2) is 8.97. The van der Waals surface area contributed by atoms with Crippen LogP contribution in [-0.4, -0.2) is 63.2 Å². The Morgan fingerprint density at radius 2 is 1.94 bits per heavy atom. The van der Waals surface area contributed by atoms with Gasteiger partial charge in [0, 0.05) is 68.7 Å². The monoisotopic (exact) mass is 442 g/mol. The molecule has 1 aromatic carbocycles. The van der Waals surface area contributed by atoms with E-state index in [0.717, 1.165) is 23.4 Å². The quantitative estimate of drug-likeness (QED) is 0.653. The molecule has 0 unspecified atom stereocenters. The number of para-hydroxylation sites is 1. The number of nitrogens with one attached hydrogen (secondary N) is 1. The summed E-state index contributed by atoms with van der Waals surface area (Å²) < 4.78 is 0. The number of nitrogens with zero attached hydrogens (tertiary/aromatic N) is 5. The van der Waals surface area contributed by atoms with E-state index < -0.39 is 0 Å². The van der Waals surface area contributed by atoms with Gasteiger partial charge in [-0.1, -0.05) is 18.2 Å². The number of hydrogen-bond donors (Lipinski definition) is 1. The number of anilines is 2. The maximum Gasteiger partial charge on any atom is 0.228 e. The molecule has 0 radical (unpaired) electrons. The number of hydrogen-bond acceptors (Lipinski definition) is 6. The largest absolute Gasteiger partial charge is 0.345 e. The van der Waals surface area contributed by atoms with Crippen molar-refractivity contribution in [3.63, 3.8) is 0 Å². The Morgan fingerprint density at radius 1 is 1.09 bits per heavy atom. The predicted octanol–water partition coefficient (Wildman–Crippen LogP) is 3.08. The first-order valence-electron chi connectivity index (χ1n) is 11.2. The van der Waals surface area contributed by atoms with E-state index in [9.17, 15) is 9.59 Å². The molecule has 0 aliphatic carbocycles. The first-order chi connectivity index (χ1) is 16.1. The fourth-order valence-electron chi connectivity index (χ4n) is 4.50. The van der Waals surface area contributed by atoms with E-state index in [2.05, 4.69) is 10.3 Å². The minimum absolute atomic E-state index is 0.0354. The molecule has 2 aliphatic rings. The molecule has 2 atom stereocenters. The molecule has 5 rings (SSSR count). The van der Waals surface area contributed by atoms with Gasteiger partial charge >= 0.3 is 0 Å². The fraction of sp³-hybridized carbons (Fsp3) is 0.320. The molecule has 2 amide bonds. The molecule has 2 saturated heterocycles. The van der Waals surface area contributed by atoms with Crippen molar-refractivity contribution in [2.24, 2.45) is 5.92 Å². The van der Waals surface area contributed by atoms with Crippen LogP contribution in [-0.2, 0) is 9.59 Å². The normalized spacial score (nSPS) is 20.3. The van der Waals surface area contributed by atoms with Crippen LogP contribution in [0.25, 0.3) is 11.3 Å². The summed E-state index contributed by atoms with van der Waals surface area (Å²) in [4.78, 5) is 42.3. The molecule has 1 N–H and O–H groups in total. The smallest absolute Gasteiger partial charge is 0.228 e. The number of amides is 2. The highest BCUT2D eigenvalue weighted by molar-refractivity contribution is 5.89. The van der Waals surface area contributed by atoms with E-state index in [1.165, 1.54) is 0 Å². The average Bonchev–Trinajstić information content (AvgIpc) is 3.47. The molecule has 33 heavy (non-hydrogen) atoms. The summed E-state index contributed by atoms with van der Waals surface area (Å²) in [6.07, 6.45) is 4.62. The maximum absolute atomic E-state index is 13.0. The number of pyridine rings is 1. The number of carbonyl (C=O) groups excluding carboxylic acids is 2. The molecular formula is C25H26N6O2. The Kier molecular flexibility index (Phi) is 5.73. The average molecular weight is 443 g/mol. The molecule has 4 heterocycles. The topological polar surface area (TPSA) is 91.3 Å².